The van der Waals surface area contributed by atoms with Crippen LogP contribution >= 0.6 is 11.3 Å². The predicted octanol–water partition coefficient (Wildman–Crippen LogP) is 3.79. The van der Waals surface area contributed by atoms with Crippen molar-refractivity contribution in [1.82, 2.24) is 0 Å². The smallest absolute Gasteiger partial charge is 0.256 e. The van der Waals surface area contributed by atoms with Crippen molar-refractivity contribution in [2.24, 2.45) is 0 Å². The molecule has 1 N–H and O–H groups in total. The summed E-state index contributed by atoms with van der Waals surface area (Å²) in [6.07, 6.45) is 5.36. The summed E-state index contributed by atoms with van der Waals surface area (Å²) in [5.41, 5.74) is 4.97. The van der Waals surface area contributed by atoms with Gasteiger partial charge in [-0.25, -0.2) is 0 Å². The van der Waals surface area contributed by atoms with Gasteiger partial charge in [-0.05, 0) is 61.4 Å². The zero-order valence-corrected chi connectivity index (χ0v) is 14.5. The fraction of sp³-hybridized carbons (Fsp3) is 0.368. The lowest BCUT2D eigenvalue weighted by atomic mass is 9.95. The second-order valence-corrected chi connectivity index (χ2v) is 7.44. The number of amides is 2. The minimum Gasteiger partial charge on any atom is -0.322 e. The van der Waals surface area contributed by atoms with Crippen LogP contribution < -0.4 is 10.2 Å². The minimum absolute atomic E-state index is 0.0178. The van der Waals surface area contributed by atoms with Crippen LogP contribution in [-0.4, -0.2) is 18.4 Å². The molecule has 1 aliphatic carbocycles. The molecule has 0 saturated heterocycles. The van der Waals surface area contributed by atoms with Gasteiger partial charge in [0.15, 0.2) is 0 Å². The first-order valence-electron chi connectivity index (χ1n) is 8.45. The summed E-state index contributed by atoms with van der Waals surface area (Å²) in [7, 11) is 0. The average molecular weight is 340 g/mol. The maximum absolute atomic E-state index is 12.7. The van der Waals surface area contributed by atoms with Gasteiger partial charge in [-0.1, -0.05) is 0 Å². The lowest BCUT2D eigenvalue weighted by molar-refractivity contribution is -0.116. The van der Waals surface area contributed by atoms with Gasteiger partial charge in [-0.2, -0.15) is 0 Å². The number of carbonyl (C=O) groups is 2. The highest BCUT2D eigenvalue weighted by Gasteiger charge is 2.23. The zero-order chi connectivity index (χ0) is 16.7. The van der Waals surface area contributed by atoms with Crippen molar-refractivity contribution in [1.29, 1.82) is 0 Å². The van der Waals surface area contributed by atoms with Crippen molar-refractivity contribution in [3.05, 3.63) is 45.1 Å². The van der Waals surface area contributed by atoms with Crippen molar-refractivity contribution in [2.45, 2.75) is 39.0 Å². The van der Waals surface area contributed by atoms with Crippen LogP contribution in [0.5, 0.6) is 0 Å². The van der Waals surface area contributed by atoms with Gasteiger partial charge in [0.25, 0.3) is 5.91 Å². The first-order valence-corrected chi connectivity index (χ1v) is 9.33. The maximum Gasteiger partial charge on any atom is 0.256 e. The van der Waals surface area contributed by atoms with E-state index in [1.54, 1.807) is 23.2 Å². The highest BCUT2D eigenvalue weighted by atomic mass is 32.1. The molecule has 0 unspecified atom stereocenters. The van der Waals surface area contributed by atoms with Gasteiger partial charge in [0.05, 0.1) is 5.56 Å². The molecule has 1 aromatic heterocycles. The Morgan fingerprint density at radius 2 is 2.00 bits per heavy atom. The molecule has 0 saturated carbocycles. The summed E-state index contributed by atoms with van der Waals surface area (Å²) >= 11 is 1.71. The Labute approximate surface area is 145 Å². The van der Waals surface area contributed by atoms with E-state index in [2.05, 4.69) is 5.32 Å². The highest BCUT2D eigenvalue weighted by Crippen LogP contribution is 2.32. The van der Waals surface area contributed by atoms with Gasteiger partial charge >= 0.3 is 0 Å². The van der Waals surface area contributed by atoms with Crippen LogP contribution in [-0.2, 0) is 24.1 Å². The predicted molar refractivity (Wildman–Crippen MR) is 97.1 cm³/mol. The monoisotopic (exact) mass is 340 g/mol. The SMILES string of the molecule is CC(=O)N1CCc2cc(NC(=O)c3csc4c3CCCC4)ccc21. The summed E-state index contributed by atoms with van der Waals surface area (Å²) < 4.78 is 0. The van der Waals surface area contributed by atoms with Gasteiger partial charge in [0.1, 0.15) is 0 Å². The first kappa shape index (κ1) is 15.4. The van der Waals surface area contributed by atoms with Gasteiger partial charge in [-0.3, -0.25) is 9.59 Å². The summed E-state index contributed by atoms with van der Waals surface area (Å²) in [5, 5.41) is 5.03. The molecule has 2 heterocycles. The molecule has 4 nitrogen and oxygen atoms in total. The van der Waals surface area contributed by atoms with Crippen LogP contribution in [0, 0.1) is 0 Å². The van der Waals surface area contributed by atoms with E-state index in [0.717, 1.165) is 48.3 Å². The zero-order valence-electron chi connectivity index (χ0n) is 13.7. The van der Waals surface area contributed by atoms with Crippen LogP contribution in [0.4, 0.5) is 11.4 Å². The summed E-state index contributed by atoms with van der Waals surface area (Å²) in [5.74, 6) is 0.0474. The second kappa shape index (κ2) is 6.06. The molecule has 124 valence electrons. The molecule has 1 aliphatic heterocycles. The van der Waals surface area contributed by atoms with E-state index < -0.39 is 0 Å². The molecule has 24 heavy (non-hydrogen) atoms. The second-order valence-electron chi connectivity index (χ2n) is 6.48. The molecular formula is C19H20N2O2S. The van der Waals surface area contributed by atoms with Crippen molar-refractivity contribution in [2.75, 3.05) is 16.8 Å². The van der Waals surface area contributed by atoms with Crippen LogP contribution in [0.25, 0.3) is 0 Å². The van der Waals surface area contributed by atoms with Crippen molar-refractivity contribution in [3.63, 3.8) is 0 Å². The third-order valence-electron chi connectivity index (χ3n) is 4.92. The number of aryl methyl sites for hydroxylation is 1. The van der Waals surface area contributed by atoms with E-state index in [9.17, 15) is 9.59 Å². The van der Waals surface area contributed by atoms with E-state index in [-0.39, 0.29) is 11.8 Å². The van der Waals surface area contributed by atoms with Gasteiger partial charge in [0, 0.05) is 35.1 Å². The molecule has 5 heteroatoms. The minimum atomic E-state index is -0.0178. The number of benzene rings is 1. The molecule has 0 radical (unpaired) electrons. The van der Waals surface area contributed by atoms with Crippen molar-refractivity contribution >= 4 is 34.5 Å². The lowest BCUT2D eigenvalue weighted by Gasteiger charge is -2.15. The molecule has 0 bridgehead atoms. The highest BCUT2D eigenvalue weighted by molar-refractivity contribution is 7.10. The Morgan fingerprint density at radius 1 is 1.17 bits per heavy atom. The average Bonchev–Trinajstić information content (AvgIpc) is 3.18. The number of hydrogen-bond acceptors (Lipinski definition) is 3. The van der Waals surface area contributed by atoms with Crippen molar-refractivity contribution < 1.29 is 9.59 Å². The van der Waals surface area contributed by atoms with Crippen molar-refractivity contribution in [3.8, 4) is 0 Å². The largest absolute Gasteiger partial charge is 0.322 e. The van der Waals surface area contributed by atoms with Gasteiger partial charge in [0.2, 0.25) is 5.91 Å². The Hall–Kier alpha value is -2.14. The number of nitrogens with one attached hydrogen (secondary N) is 1. The lowest BCUT2D eigenvalue weighted by Crippen LogP contribution is -2.25. The molecule has 1 aromatic carbocycles. The molecule has 4 rings (SSSR count). The summed E-state index contributed by atoms with van der Waals surface area (Å²) in [6, 6.07) is 5.81. The molecule has 2 aromatic rings. The molecule has 2 amide bonds. The number of hydrogen-bond donors (Lipinski definition) is 1. The molecule has 0 spiro atoms. The Morgan fingerprint density at radius 3 is 2.83 bits per heavy atom. The number of rotatable bonds is 2. The Balaban J connectivity index is 1.55. The third kappa shape index (κ3) is 2.63. The summed E-state index contributed by atoms with van der Waals surface area (Å²) in [6.45, 7) is 2.31. The standard InChI is InChI=1S/C19H20N2O2S/c1-12(22)21-9-8-13-10-14(6-7-17(13)21)20-19(23)16-11-24-18-5-3-2-4-15(16)18/h6-7,10-11H,2-5,8-9H2,1H3,(H,20,23). The van der Waals surface area contributed by atoms with E-state index in [1.807, 2.05) is 23.6 Å². The summed E-state index contributed by atoms with van der Waals surface area (Å²) in [4.78, 5) is 27.4. The molecule has 0 fully saturated rings. The number of fused-ring (bicyclic) bond motifs is 2. The molecule has 2 aliphatic rings. The quantitative estimate of drug-likeness (QED) is 0.904. The van der Waals surface area contributed by atoms with Crippen LogP contribution in [0.15, 0.2) is 23.6 Å². The fourth-order valence-electron chi connectivity index (χ4n) is 3.69. The fourth-order valence-corrected chi connectivity index (χ4v) is 4.82. The topological polar surface area (TPSA) is 49.4 Å². The van der Waals surface area contributed by atoms with E-state index in [1.165, 1.54) is 23.3 Å². The number of thiophene rings is 1. The first-order chi connectivity index (χ1) is 11.6. The number of nitrogens with zero attached hydrogens (tertiary/aromatic N) is 1. The maximum atomic E-state index is 12.7. The Kier molecular flexibility index (Phi) is 3.88. The van der Waals surface area contributed by atoms with Gasteiger partial charge < -0.3 is 10.2 Å². The number of carbonyl (C=O) groups excluding carboxylic acids is 2. The third-order valence-corrected chi connectivity index (χ3v) is 6.01. The number of anilines is 2. The van der Waals surface area contributed by atoms with E-state index in [0.29, 0.717) is 0 Å². The molecular weight excluding hydrogens is 320 g/mol. The normalized spacial score (nSPS) is 15.8. The van der Waals surface area contributed by atoms with Crippen LogP contribution in [0.3, 0.4) is 0 Å². The van der Waals surface area contributed by atoms with E-state index in [4.69, 9.17) is 0 Å². The van der Waals surface area contributed by atoms with Crippen LogP contribution in [0.2, 0.25) is 0 Å². The van der Waals surface area contributed by atoms with Gasteiger partial charge in [-0.15, -0.1) is 11.3 Å². The molecule has 0 atom stereocenters. The Bertz CT molecular complexity index is 825. The van der Waals surface area contributed by atoms with E-state index >= 15 is 0 Å². The van der Waals surface area contributed by atoms with Crippen LogP contribution in [0.1, 0.15) is 46.1 Å².